The molecule has 7 heteroatoms. The van der Waals surface area contributed by atoms with Crippen LogP contribution in [0.2, 0.25) is 10.0 Å². The fraction of sp³-hybridized carbons (Fsp3) is 0.176. The van der Waals surface area contributed by atoms with Crippen LogP contribution in [0.4, 0.5) is 11.4 Å². The minimum atomic E-state index is -0.335. The first kappa shape index (κ1) is 18.5. The molecule has 0 bridgehead atoms. The molecule has 0 aliphatic carbocycles. The molecule has 2 rings (SSSR count). The van der Waals surface area contributed by atoms with Crippen molar-refractivity contribution in [1.29, 1.82) is 0 Å². The number of thiocarbonyl (C=S) groups is 1. The summed E-state index contributed by atoms with van der Waals surface area (Å²) in [6.07, 6.45) is 0.791. The Morgan fingerprint density at radius 2 is 1.62 bits per heavy atom. The van der Waals surface area contributed by atoms with Crippen molar-refractivity contribution < 1.29 is 9.53 Å². The minimum absolute atomic E-state index is 0.335. The van der Waals surface area contributed by atoms with Gasteiger partial charge in [-0.1, -0.05) is 30.1 Å². The third kappa shape index (κ3) is 5.67. The van der Waals surface area contributed by atoms with Crippen LogP contribution in [0.25, 0.3) is 0 Å². The monoisotopic (exact) mass is 382 g/mol. The molecule has 0 saturated carbocycles. The van der Waals surface area contributed by atoms with Gasteiger partial charge >= 0.3 is 5.97 Å². The highest BCUT2D eigenvalue weighted by atomic mass is 35.5. The molecule has 4 nitrogen and oxygen atoms in total. The van der Waals surface area contributed by atoms with Crippen LogP contribution in [0.1, 0.15) is 23.7 Å². The van der Waals surface area contributed by atoms with Gasteiger partial charge in [0.1, 0.15) is 0 Å². The summed E-state index contributed by atoms with van der Waals surface area (Å²) in [6, 6.07) is 11.9. The Bertz CT molecular complexity index is 716. The van der Waals surface area contributed by atoms with E-state index in [9.17, 15) is 4.79 Å². The number of nitrogens with one attached hydrogen (secondary N) is 2. The van der Waals surface area contributed by atoms with E-state index in [1.807, 2.05) is 6.92 Å². The van der Waals surface area contributed by atoms with Gasteiger partial charge in [-0.15, -0.1) is 0 Å². The first-order chi connectivity index (χ1) is 11.5. The van der Waals surface area contributed by atoms with Crippen LogP contribution in [0.5, 0.6) is 0 Å². The maximum absolute atomic E-state index is 11.7. The highest BCUT2D eigenvalue weighted by Gasteiger charge is 2.07. The van der Waals surface area contributed by atoms with Crippen LogP contribution in [-0.2, 0) is 4.74 Å². The number of ether oxygens (including phenoxy) is 1. The Morgan fingerprint density at radius 1 is 1.04 bits per heavy atom. The van der Waals surface area contributed by atoms with Crippen LogP contribution in [0.15, 0.2) is 42.5 Å². The van der Waals surface area contributed by atoms with Crippen molar-refractivity contribution in [2.45, 2.75) is 13.3 Å². The lowest BCUT2D eigenvalue weighted by molar-refractivity contribution is 0.0505. The number of carbonyl (C=O) groups excluding carboxylic acids is 1. The number of rotatable bonds is 5. The van der Waals surface area contributed by atoms with Gasteiger partial charge in [0.15, 0.2) is 5.11 Å². The summed E-state index contributed by atoms with van der Waals surface area (Å²) >= 11 is 17.1. The van der Waals surface area contributed by atoms with Gasteiger partial charge in [-0.25, -0.2) is 4.79 Å². The fourth-order valence-electron chi connectivity index (χ4n) is 1.89. The van der Waals surface area contributed by atoms with E-state index in [4.69, 9.17) is 40.2 Å². The summed E-state index contributed by atoms with van der Waals surface area (Å²) in [5, 5.41) is 7.43. The molecule has 0 radical (unpaired) electrons. The average Bonchev–Trinajstić information content (AvgIpc) is 2.52. The lowest BCUT2D eigenvalue weighted by atomic mass is 10.2. The standard InChI is InChI=1S/C17H16Cl2N2O2S/c1-2-7-23-16(22)11-3-5-14(6-4-11)20-17(24)21-15-9-12(18)8-13(19)10-15/h3-6,8-10H,2,7H2,1H3,(H2,20,21,24). The van der Waals surface area contributed by atoms with Crippen LogP contribution in [0, 0.1) is 0 Å². The maximum atomic E-state index is 11.7. The summed E-state index contributed by atoms with van der Waals surface area (Å²) in [4.78, 5) is 11.7. The molecule has 2 aromatic rings. The van der Waals surface area contributed by atoms with E-state index >= 15 is 0 Å². The second-order valence-corrected chi connectivity index (χ2v) is 6.23. The molecule has 0 heterocycles. The van der Waals surface area contributed by atoms with Gasteiger partial charge in [0.25, 0.3) is 0 Å². The third-order valence-corrected chi connectivity index (χ3v) is 3.58. The van der Waals surface area contributed by atoms with Gasteiger partial charge in [0, 0.05) is 21.4 Å². The van der Waals surface area contributed by atoms with Crippen LogP contribution in [0.3, 0.4) is 0 Å². The summed E-state index contributed by atoms with van der Waals surface area (Å²) in [5.74, 6) is -0.335. The molecule has 0 amide bonds. The SMILES string of the molecule is CCCOC(=O)c1ccc(NC(=S)Nc2cc(Cl)cc(Cl)c2)cc1. The number of hydrogen-bond acceptors (Lipinski definition) is 3. The van der Waals surface area contributed by atoms with Gasteiger partial charge in [-0.2, -0.15) is 0 Å². The lowest BCUT2D eigenvalue weighted by Gasteiger charge is -2.11. The quantitative estimate of drug-likeness (QED) is 0.537. The number of carbonyl (C=O) groups is 1. The maximum Gasteiger partial charge on any atom is 0.338 e. The van der Waals surface area contributed by atoms with E-state index in [-0.39, 0.29) is 5.97 Å². The van der Waals surface area contributed by atoms with Crippen molar-refractivity contribution in [3.8, 4) is 0 Å². The Labute approximate surface area is 156 Å². The van der Waals surface area contributed by atoms with Gasteiger partial charge < -0.3 is 15.4 Å². The zero-order valence-corrected chi connectivity index (χ0v) is 15.3. The second-order valence-electron chi connectivity index (χ2n) is 4.95. The average molecular weight is 383 g/mol. The number of halogens is 2. The first-order valence-electron chi connectivity index (χ1n) is 7.29. The van der Waals surface area contributed by atoms with E-state index < -0.39 is 0 Å². The molecule has 2 N–H and O–H groups in total. The highest BCUT2D eigenvalue weighted by molar-refractivity contribution is 7.80. The van der Waals surface area contributed by atoms with Gasteiger partial charge in [0.2, 0.25) is 0 Å². The summed E-state index contributed by atoms with van der Waals surface area (Å²) in [5.41, 5.74) is 1.92. The van der Waals surface area contributed by atoms with Crippen LogP contribution < -0.4 is 10.6 Å². The molecular weight excluding hydrogens is 367 g/mol. The van der Waals surface area contributed by atoms with E-state index in [0.29, 0.717) is 33.0 Å². The molecule has 2 aromatic carbocycles. The smallest absolute Gasteiger partial charge is 0.338 e. The number of hydrogen-bond donors (Lipinski definition) is 2. The number of esters is 1. The topological polar surface area (TPSA) is 50.4 Å². The summed E-state index contributed by atoms with van der Waals surface area (Å²) < 4.78 is 5.08. The Balaban J connectivity index is 1.95. The molecule has 0 spiro atoms. The zero-order chi connectivity index (χ0) is 17.5. The Morgan fingerprint density at radius 3 is 2.21 bits per heavy atom. The predicted molar refractivity (Wildman–Crippen MR) is 103 cm³/mol. The molecule has 126 valence electrons. The number of anilines is 2. The summed E-state index contributed by atoms with van der Waals surface area (Å²) in [6.45, 7) is 2.36. The van der Waals surface area contributed by atoms with Crippen molar-refractivity contribution in [3.63, 3.8) is 0 Å². The Kier molecular flexibility index (Phi) is 6.85. The predicted octanol–water partition coefficient (Wildman–Crippen LogP) is 5.37. The van der Waals surface area contributed by atoms with Crippen molar-refractivity contribution in [2.24, 2.45) is 0 Å². The minimum Gasteiger partial charge on any atom is -0.462 e. The van der Waals surface area contributed by atoms with Crippen molar-refractivity contribution >= 4 is 57.9 Å². The molecule has 0 unspecified atom stereocenters. The van der Waals surface area contributed by atoms with E-state index in [1.54, 1.807) is 42.5 Å². The molecule has 0 fully saturated rings. The zero-order valence-electron chi connectivity index (χ0n) is 12.9. The Hall–Kier alpha value is -1.82. The fourth-order valence-corrected chi connectivity index (χ4v) is 2.65. The van der Waals surface area contributed by atoms with Crippen molar-refractivity contribution in [1.82, 2.24) is 0 Å². The molecule has 0 aromatic heterocycles. The highest BCUT2D eigenvalue weighted by Crippen LogP contribution is 2.22. The molecule has 0 saturated heterocycles. The molecule has 0 aliphatic heterocycles. The molecule has 0 aliphatic rings. The third-order valence-electron chi connectivity index (χ3n) is 2.94. The van der Waals surface area contributed by atoms with E-state index in [2.05, 4.69) is 10.6 Å². The normalized spacial score (nSPS) is 10.1. The first-order valence-corrected chi connectivity index (χ1v) is 8.45. The molecule has 24 heavy (non-hydrogen) atoms. The van der Waals surface area contributed by atoms with E-state index in [1.165, 1.54) is 0 Å². The van der Waals surface area contributed by atoms with Crippen LogP contribution >= 0.6 is 35.4 Å². The van der Waals surface area contributed by atoms with Crippen LogP contribution in [-0.4, -0.2) is 17.7 Å². The van der Waals surface area contributed by atoms with Gasteiger partial charge in [-0.3, -0.25) is 0 Å². The molecule has 0 atom stereocenters. The lowest BCUT2D eigenvalue weighted by Crippen LogP contribution is -2.19. The van der Waals surface area contributed by atoms with Gasteiger partial charge in [-0.05, 0) is 61.1 Å². The van der Waals surface area contributed by atoms with Crippen molar-refractivity contribution in [2.75, 3.05) is 17.2 Å². The van der Waals surface area contributed by atoms with E-state index in [0.717, 1.165) is 12.1 Å². The largest absolute Gasteiger partial charge is 0.462 e. The number of benzene rings is 2. The molecular formula is C17H16Cl2N2O2S. The van der Waals surface area contributed by atoms with Crippen molar-refractivity contribution in [3.05, 3.63) is 58.1 Å². The second kappa shape index (κ2) is 8.87. The van der Waals surface area contributed by atoms with Gasteiger partial charge in [0.05, 0.1) is 12.2 Å². The summed E-state index contributed by atoms with van der Waals surface area (Å²) in [7, 11) is 0.